The molecule has 0 bridgehead atoms. The van der Waals surface area contributed by atoms with Crippen molar-refractivity contribution in [2.45, 2.75) is 39.0 Å². The molecule has 8 nitrogen and oxygen atoms in total. The molecule has 0 radical (unpaired) electrons. The summed E-state index contributed by atoms with van der Waals surface area (Å²) < 4.78 is 28.3. The molecule has 0 saturated heterocycles. The van der Waals surface area contributed by atoms with Gasteiger partial charge in [-0.2, -0.15) is 5.26 Å². The van der Waals surface area contributed by atoms with Crippen LogP contribution in [-0.4, -0.2) is 26.3 Å². The van der Waals surface area contributed by atoms with Gasteiger partial charge in [0.15, 0.2) is 11.5 Å². The van der Waals surface area contributed by atoms with E-state index in [9.17, 15) is 10.1 Å². The maximum atomic E-state index is 12.8. The first-order valence-electron chi connectivity index (χ1n) is 13.1. The van der Waals surface area contributed by atoms with Crippen LogP contribution in [0, 0.1) is 11.3 Å². The highest BCUT2D eigenvalue weighted by Crippen LogP contribution is 2.45. The highest BCUT2D eigenvalue weighted by molar-refractivity contribution is 6.32. The number of unbranched alkanes of at least 4 members (excludes halogenated alkanes) is 2. The predicted molar refractivity (Wildman–Crippen MR) is 151 cm³/mol. The third kappa shape index (κ3) is 6.27. The number of halogens is 1. The smallest absolute Gasteiger partial charge is 0.343 e. The molecule has 0 fully saturated rings. The van der Waals surface area contributed by atoms with Crippen LogP contribution in [0.2, 0.25) is 5.02 Å². The van der Waals surface area contributed by atoms with Crippen LogP contribution in [0.1, 0.15) is 60.5 Å². The lowest BCUT2D eigenvalue weighted by Crippen LogP contribution is -2.21. The second-order valence-corrected chi connectivity index (χ2v) is 9.47. The molecule has 2 N–H and O–H groups in total. The molecular formula is C31H31ClN2O6. The number of methoxy groups -OCH3 is 1. The number of rotatable bonds is 11. The lowest BCUT2D eigenvalue weighted by Gasteiger charge is -2.27. The summed E-state index contributed by atoms with van der Waals surface area (Å²) in [5, 5.41) is 10.3. The van der Waals surface area contributed by atoms with Crippen LogP contribution in [0.5, 0.6) is 28.7 Å². The Hall–Kier alpha value is -4.35. The highest BCUT2D eigenvalue weighted by atomic mass is 35.5. The van der Waals surface area contributed by atoms with Crippen molar-refractivity contribution in [3.05, 3.63) is 87.8 Å². The molecule has 0 saturated carbocycles. The van der Waals surface area contributed by atoms with E-state index >= 15 is 0 Å². The number of hydrogen-bond donors (Lipinski definition) is 1. The van der Waals surface area contributed by atoms with Gasteiger partial charge in [-0.05, 0) is 55.3 Å². The third-order valence-electron chi connectivity index (χ3n) is 6.39. The minimum absolute atomic E-state index is 0.0248. The van der Waals surface area contributed by atoms with Crippen LogP contribution < -0.4 is 29.4 Å². The largest absolute Gasteiger partial charge is 0.495 e. The predicted octanol–water partition coefficient (Wildman–Crippen LogP) is 6.75. The van der Waals surface area contributed by atoms with Crippen molar-refractivity contribution < 1.29 is 28.5 Å². The Bertz CT molecular complexity index is 1460. The number of hydrogen-bond acceptors (Lipinski definition) is 8. The second-order valence-electron chi connectivity index (χ2n) is 9.06. The van der Waals surface area contributed by atoms with E-state index in [1.807, 2.05) is 25.1 Å². The molecule has 1 unspecified atom stereocenters. The summed E-state index contributed by atoms with van der Waals surface area (Å²) in [6, 6.07) is 17.4. The van der Waals surface area contributed by atoms with E-state index in [1.165, 1.54) is 13.2 Å². The molecule has 9 heteroatoms. The molecule has 1 heterocycles. The Morgan fingerprint density at radius 3 is 2.52 bits per heavy atom. The van der Waals surface area contributed by atoms with Gasteiger partial charge in [0.2, 0.25) is 5.88 Å². The van der Waals surface area contributed by atoms with Gasteiger partial charge in [0.25, 0.3) is 0 Å². The van der Waals surface area contributed by atoms with E-state index in [4.69, 9.17) is 41.0 Å². The SMILES string of the molecule is CCCCCOc1ccc(C2C(C#N)=C(N)Oc3cc(OC(=O)c4ccc(OC)c(Cl)c4)ccc32)cc1OCC. The highest BCUT2D eigenvalue weighted by Gasteiger charge is 2.32. The van der Waals surface area contributed by atoms with Crippen molar-refractivity contribution in [3.63, 3.8) is 0 Å². The maximum absolute atomic E-state index is 12.8. The number of benzene rings is 3. The van der Waals surface area contributed by atoms with E-state index in [0.717, 1.165) is 24.8 Å². The van der Waals surface area contributed by atoms with Gasteiger partial charge in [-0.25, -0.2) is 4.79 Å². The Morgan fingerprint density at radius 2 is 1.82 bits per heavy atom. The summed E-state index contributed by atoms with van der Waals surface area (Å²) >= 11 is 6.15. The van der Waals surface area contributed by atoms with E-state index < -0.39 is 11.9 Å². The van der Waals surface area contributed by atoms with Gasteiger partial charge in [0.1, 0.15) is 28.9 Å². The van der Waals surface area contributed by atoms with Crippen LogP contribution >= 0.6 is 11.6 Å². The van der Waals surface area contributed by atoms with Crippen LogP contribution in [0.3, 0.4) is 0 Å². The second kappa shape index (κ2) is 13.1. The topological polar surface area (TPSA) is 113 Å². The van der Waals surface area contributed by atoms with Crippen molar-refractivity contribution in [1.82, 2.24) is 0 Å². The molecule has 1 aliphatic rings. The Morgan fingerprint density at radius 1 is 1.02 bits per heavy atom. The number of nitrogens with zero attached hydrogens (tertiary/aromatic N) is 1. The average Bonchev–Trinajstić information content (AvgIpc) is 2.95. The fourth-order valence-corrected chi connectivity index (χ4v) is 4.69. The number of esters is 1. The Labute approximate surface area is 238 Å². The van der Waals surface area contributed by atoms with Crippen LogP contribution in [0.25, 0.3) is 0 Å². The Balaban J connectivity index is 1.64. The van der Waals surface area contributed by atoms with Crippen LogP contribution in [0.4, 0.5) is 0 Å². The molecule has 40 heavy (non-hydrogen) atoms. The molecule has 0 amide bonds. The molecular weight excluding hydrogens is 532 g/mol. The number of carbonyl (C=O) groups is 1. The summed E-state index contributed by atoms with van der Waals surface area (Å²) in [5.74, 6) is 1.15. The van der Waals surface area contributed by atoms with Crippen molar-refractivity contribution in [1.29, 1.82) is 5.26 Å². The van der Waals surface area contributed by atoms with Crippen LogP contribution in [0.15, 0.2) is 66.1 Å². The molecule has 3 aromatic rings. The zero-order valence-corrected chi connectivity index (χ0v) is 23.4. The first kappa shape index (κ1) is 28.7. The van der Waals surface area contributed by atoms with Gasteiger partial charge >= 0.3 is 5.97 Å². The fourth-order valence-electron chi connectivity index (χ4n) is 4.43. The lowest BCUT2D eigenvalue weighted by atomic mass is 9.83. The van der Waals surface area contributed by atoms with Gasteiger partial charge in [-0.15, -0.1) is 0 Å². The lowest BCUT2D eigenvalue weighted by molar-refractivity contribution is 0.0734. The number of nitrogens with two attached hydrogens (primary N) is 1. The monoisotopic (exact) mass is 562 g/mol. The van der Waals surface area contributed by atoms with Gasteiger partial charge < -0.3 is 29.4 Å². The minimum atomic E-state index is -0.603. The van der Waals surface area contributed by atoms with Crippen molar-refractivity contribution >= 4 is 17.6 Å². The van der Waals surface area contributed by atoms with Crippen molar-refractivity contribution in [2.75, 3.05) is 20.3 Å². The van der Waals surface area contributed by atoms with Gasteiger partial charge in [-0.1, -0.05) is 43.5 Å². The summed E-state index contributed by atoms with van der Waals surface area (Å²) in [6.45, 7) is 5.09. The van der Waals surface area contributed by atoms with E-state index in [0.29, 0.717) is 46.8 Å². The molecule has 1 aliphatic heterocycles. The zero-order chi connectivity index (χ0) is 28.6. The molecule has 1 atom stereocenters. The van der Waals surface area contributed by atoms with E-state index in [1.54, 1.807) is 30.3 Å². The van der Waals surface area contributed by atoms with Gasteiger partial charge in [0.05, 0.1) is 36.8 Å². The number of ether oxygens (including phenoxy) is 5. The molecule has 0 aliphatic carbocycles. The molecule has 4 rings (SSSR count). The Kier molecular flexibility index (Phi) is 9.41. The third-order valence-corrected chi connectivity index (χ3v) is 6.69. The van der Waals surface area contributed by atoms with E-state index in [-0.39, 0.29) is 22.8 Å². The first-order chi connectivity index (χ1) is 19.4. The standard InChI is InChI=1S/C31H31ClN2O6/c1-4-6-7-14-38-26-13-8-19(16-28(26)37-5-2)29-22-11-10-21(17-27(22)40-30(34)23(29)18-33)39-31(35)20-9-12-25(36-3)24(32)15-20/h8-13,15-17,29H,4-7,14,34H2,1-3H3. The summed E-state index contributed by atoms with van der Waals surface area (Å²) in [4.78, 5) is 12.8. The molecule has 0 spiro atoms. The number of allylic oxidation sites excluding steroid dienone is 1. The molecule has 208 valence electrons. The average molecular weight is 563 g/mol. The summed E-state index contributed by atoms with van der Waals surface area (Å²) in [5.41, 5.74) is 8.19. The first-order valence-corrected chi connectivity index (χ1v) is 13.4. The maximum Gasteiger partial charge on any atom is 0.343 e. The number of nitriles is 1. The number of carbonyl (C=O) groups excluding carboxylic acids is 1. The molecule has 0 aromatic heterocycles. The van der Waals surface area contributed by atoms with Gasteiger partial charge in [-0.3, -0.25) is 0 Å². The van der Waals surface area contributed by atoms with Crippen LogP contribution in [-0.2, 0) is 0 Å². The van der Waals surface area contributed by atoms with E-state index in [2.05, 4.69) is 13.0 Å². The number of fused-ring (bicyclic) bond motifs is 1. The zero-order valence-electron chi connectivity index (χ0n) is 22.7. The van der Waals surface area contributed by atoms with Gasteiger partial charge in [0, 0.05) is 11.6 Å². The summed E-state index contributed by atoms with van der Waals surface area (Å²) in [7, 11) is 1.49. The quantitative estimate of drug-likeness (QED) is 0.155. The van der Waals surface area contributed by atoms with Crippen molar-refractivity contribution in [3.8, 4) is 34.8 Å². The normalized spacial score (nSPS) is 14.0. The fraction of sp³-hybridized carbons (Fsp3) is 0.290. The molecule has 3 aromatic carbocycles. The summed E-state index contributed by atoms with van der Waals surface area (Å²) in [6.07, 6.45) is 3.14. The minimum Gasteiger partial charge on any atom is -0.495 e. The van der Waals surface area contributed by atoms with Crippen molar-refractivity contribution in [2.24, 2.45) is 5.73 Å².